The molecule has 1 aliphatic carbocycles. The first-order chi connectivity index (χ1) is 14.3. The molecule has 0 spiro atoms. The molecule has 1 aromatic carbocycles. The van der Waals surface area contributed by atoms with E-state index in [0.717, 1.165) is 18.5 Å². The Morgan fingerprint density at radius 2 is 1.79 bits per heavy atom. The number of rotatable bonds is 6. The first-order valence-corrected chi connectivity index (χ1v) is 11.3. The Morgan fingerprint density at radius 3 is 2.52 bits per heavy atom. The van der Waals surface area contributed by atoms with Crippen LogP contribution < -0.4 is 5.32 Å². The van der Waals surface area contributed by atoms with Gasteiger partial charge in [0, 0.05) is 11.7 Å². The summed E-state index contributed by atoms with van der Waals surface area (Å²) < 4.78 is 7.47. The number of carbonyl (C=O) groups is 1. The van der Waals surface area contributed by atoms with Crippen molar-refractivity contribution in [1.29, 1.82) is 0 Å². The molecular weight excluding hydrogens is 384 g/mol. The SMILES string of the molecule is O=C(CSc1nnc(-c2ccco2)n1-c1ccccc1)NC1CCCCCCC1. The van der Waals surface area contributed by atoms with Gasteiger partial charge in [-0.15, -0.1) is 10.2 Å². The molecule has 1 aliphatic rings. The lowest BCUT2D eigenvalue weighted by Gasteiger charge is -2.20. The van der Waals surface area contributed by atoms with Gasteiger partial charge in [0.25, 0.3) is 0 Å². The van der Waals surface area contributed by atoms with Crippen molar-refractivity contribution in [3.05, 3.63) is 48.7 Å². The van der Waals surface area contributed by atoms with Crippen molar-refractivity contribution in [3.8, 4) is 17.3 Å². The molecule has 7 heteroatoms. The van der Waals surface area contributed by atoms with E-state index < -0.39 is 0 Å². The highest BCUT2D eigenvalue weighted by Gasteiger charge is 2.20. The first kappa shape index (κ1) is 19.8. The Labute approximate surface area is 175 Å². The van der Waals surface area contributed by atoms with Crippen molar-refractivity contribution in [2.45, 2.75) is 56.1 Å². The van der Waals surface area contributed by atoms with E-state index in [1.165, 1.54) is 43.9 Å². The Balaban J connectivity index is 1.46. The summed E-state index contributed by atoms with van der Waals surface area (Å²) in [7, 11) is 0. The molecular formula is C22H26N4O2S. The number of amides is 1. The van der Waals surface area contributed by atoms with E-state index in [1.807, 2.05) is 47.0 Å². The molecule has 0 unspecified atom stereocenters. The van der Waals surface area contributed by atoms with Crippen LogP contribution in [0.4, 0.5) is 0 Å². The van der Waals surface area contributed by atoms with Crippen LogP contribution in [-0.2, 0) is 4.79 Å². The number of nitrogens with zero attached hydrogens (tertiary/aromatic N) is 3. The number of aromatic nitrogens is 3. The lowest BCUT2D eigenvalue weighted by Crippen LogP contribution is -2.36. The summed E-state index contributed by atoms with van der Waals surface area (Å²) in [5.41, 5.74) is 0.937. The Kier molecular flexibility index (Phi) is 6.67. The fourth-order valence-corrected chi connectivity index (χ4v) is 4.50. The summed E-state index contributed by atoms with van der Waals surface area (Å²) in [4.78, 5) is 12.6. The number of thioether (sulfide) groups is 1. The molecule has 0 aliphatic heterocycles. The van der Waals surface area contributed by atoms with Gasteiger partial charge in [-0.3, -0.25) is 9.36 Å². The molecule has 2 aromatic heterocycles. The second-order valence-corrected chi connectivity index (χ2v) is 8.30. The van der Waals surface area contributed by atoms with Crippen LogP contribution in [0.25, 0.3) is 17.3 Å². The number of nitrogens with one attached hydrogen (secondary N) is 1. The van der Waals surface area contributed by atoms with Crippen LogP contribution in [0.3, 0.4) is 0 Å². The van der Waals surface area contributed by atoms with Gasteiger partial charge in [-0.25, -0.2) is 0 Å². The monoisotopic (exact) mass is 410 g/mol. The van der Waals surface area contributed by atoms with E-state index in [4.69, 9.17) is 4.42 Å². The van der Waals surface area contributed by atoms with Crippen LogP contribution in [0.5, 0.6) is 0 Å². The van der Waals surface area contributed by atoms with E-state index in [2.05, 4.69) is 15.5 Å². The average Bonchev–Trinajstić information content (AvgIpc) is 3.38. The summed E-state index contributed by atoms with van der Waals surface area (Å²) in [6.07, 6.45) is 10.1. The molecule has 0 atom stereocenters. The highest BCUT2D eigenvalue weighted by atomic mass is 32.2. The molecule has 1 N–H and O–H groups in total. The van der Waals surface area contributed by atoms with Gasteiger partial charge in [-0.1, -0.05) is 62.1 Å². The van der Waals surface area contributed by atoms with E-state index >= 15 is 0 Å². The summed E-state index contributed by atoms with van der Waals surface area (Å²) in [6, 6.07) is 13.9. The Morgan fingerprint density at radius 1 is 1.03 bits per heavy atom. The lowest BCUT2D eigenvalue weighted by molar-refractivity contribution is -0.119. The predicted molar refractivity (Wildman–Crippen MR) is 114 cm³/mol. The maximum Gasteiger partial charge on any atom is 0.230 e. The third kappa shape index (κ3) is 5.09. The summed E-state index contributed by atoms with van der Waals surface area (Å²) in [5.74, 6) is 1.65. The molecule has 2 heterocycles. The van der Waals surface area contributed by atoms with Crippen LogP contribution in [0.2, 0.25) is 0 Å². The second kappa shape index (κ2) is 9.78. The van der Waals surface area contributed by atoms with Gasteiger partial charge in [0.15, 0.2) is 10.9 Å². The molecule has 1 fully saturated rings. The van der Waals surface area contributed by atoms with Crippen LogP contribution in [0.15, 0.2) is 58.3 Å². The third-order valence-corrected chi connectivity index (χ3v) is 6.12. The minimum atomic E-state index is 0.0581. The lowest BCUT2D eigenvalue weighted by atomic mass is 9.97. The predicted octanol–water partition coefficient (Wildman–Crippen LogP) is 4.85. The second-order valence-electron chi connectivity index (χ2n) is 7.35. The van der Waals surface area contributed by atoms with Crippen molar-refractivity contribution < 1.29 is 9.21 Å². The number of carbonyl (C=O) groups excluding carboxylic acids is 1. The fraction of sp³-hybridized carbons (Fsp3) is 0.409. The van der Waals surface area contributed by atoms with Gasteiger partial charge in [0.05, 0.1) is 12.0 Å². The number of furan rings is 1. The van der Waals surface area contributed by atoms with E-state index in [1.54, 1.807) is 6.26 Å². The van der Waals surface area contributed by atoms with Crippen molar-refractivity contribution in [2.75, 3.05) is 5.75 Å². The van der Waals surface area contributed by atoms with E-state index in [-0.39, 0.29) is 5.91 Å². The quantitative estimate of drug-likeness (QED) is 0.588. The van der Waals surface area contributed by atoms with Crippen LogP contribution >= 0.6 is 11.8 Å². The summed E-state index contributed by atoms with van der Waals surface area (Å²) in [5, 5.41) is 12.5. The zero-order valence-electron chi connectivity index (χ0n) is 16.4. The third-order valence-electron chi connectivity index (χ3n) is 5.19. The number of hydrogen-bond acceptors (Lipinski definition) is 5. The minimum Gasteiger partial charge on any atom is -0.461 e. The van der Waals surface area contributed by atoms with E-state index in [0.29, 0.717) is 28.5 Å². The minimum absolute atomic E-state index is 0.0581. The van der Waals surface area contributed by atoms with Crippen LogP contribution in [0, 0.1) is 0 Å². The van der Waals surface area contributed by atoms with E-state index in [9.17, 15) is 4.79 Å². The average molecular weight is 411 g/mol. The molecule has 3 aromatic rings. The molecule has 0 bridgehead atoms. The topological polar surface area (TPSA) is 73.0 Å². The smallest absolute Gasteiger partial charge is 0.230 e. The Bertz CT molecular complexity index is 900. The summed E-state index contributed by atoms with van der Waals surface area (Å²) >= 11 is 1.40. The molecule has 0 radical (unpaired) electrons. The van der Waals surface area contributed by atoms with Crippen LogP contribution in [-0.4, -0.2) is 32.5 Å². The normalized spacial score (nSPS) is 15.6. The molecule has 152 valence electrons. The van der Waals surface area contributed by atoms with Gasteiger partial charge in [0.1, 0.15) is 0 Å². The zero-order chi connectivity index (χ0) is 19.9. The maximum atomic E-state index is 12.6. The van der Waals surface area contributed by atoms with Crippen molar-refractivity contribution in [2.24, 2.45) is 0 Å². The first-order valence-electron chi connectivity index (χ1n) is 10.3. The molecule has 29 heavy (non-hydrogen) atoms. The maximum absolute atomic E-state index is 12.6. The van der Waals surface area contributed by atoms with Gasteiger partial charge < -0.3 is 9.73 Å². The fourth-order valence-electron chi connectivity index (χ4n) is 3.74. The molecule has 1 saturated carbocycles. The van der Waals surface area contributed by atoms with Gasteiger partial charge in [-0.2, -0.15) is 0 Å². The van der Waals surface area contributed by atoms with Crippen molar-refractivity contribution >= 4 is 17.7 Å². The molecule has 4 rings (SSSR count). The number of benzene rings is 1. The molecule has 6 nitrogen and oxygen atoms in total. The Hall–Kier alpha value is -2.54. The van der Waals surface area contributed by atoms with Crippen molar-refractivity contribution in [1.82, 2.24) is 20.1 Å². The zero-order valence-corrected chi connectivity index (χ0v) is 17.2. The van der Waals surface area contributed by atoms with Gasteiger partial charge in [0.2, 0.25) is 11.7 Å². The van der Waals surface area contributed by atoms with Crippen molar-refractivity contribution in [3.63, 3.8) is 0 Å². The molecule has 0 saturated heterocycles. The molecule has 1 amide bonds. The highest BCUT2D eigenvalue weighted by Crippen LogP contribution is 2.28. The largest absolute Gasteiger partial charge is 0.461 e. The van der Waals surface area contributed by atoms with Gasteiger partial charge in [-0.05, 0) is 37.1 Å². The highest BCUT2D eigenvalue weighted by molar-refractivity contribution is 7.99. The standard InChI is InChI=1S/C22H26N4O2S/c27-20(23-17-10-5-2-1-3-6-11-17)16-29-22-25-24-21(19-14-9-15-28-19)26(22)18-12-7-4-8-13-18/h4,7-9,12-15,17H,1-3,5-6,10-11,16H2,(H,23,27). The van der Waals surface area contributed by atoms with Crippen LogP contribution in [0.1, 0.15) is 44.9 Å². The number of para-hydroxylation sites is 1. The van der Waals surface area contributed by atoms with Gasteiger partial charge >= 0.3 is 0 Å². The number of hydrogen-bond donors (Lipinski definition) is 1. The summed E-state index contributed by atoms with van der Waals surface area (Å²) in [6.45, 7) is 0.